The lowest BCUT2D eigenvalue weighted by atomic mass is 10.1. The summed E-state index contributed by atoms with van der Waals surface area (Å²) in [5.74, 6) is 0. The summed E-state index contributed by atoms with van der Waals surface area (Å²) in [5, 5.41) is 0. The van der Waals surface area contributed by atoms with Crippen molar-refractivity contribution in [1.29, 1.82) is 0 Å². The predicted molar refractivity (Wildman–Crippen MR) is 49.7 cm³/mol. The van der Waals surface area contributed by atoms with Crippen molar-refractivity contribution in [2.45, 2.75) is 6.92 Å². The first kappa shape index (κ1) is 7.86. The molecule has 0 atom stereocenters. The number of fused-ring (bicyclic) bond motifs is 1. The summed E-state index contributed by atoms with van der Waals surface area (Å²) in [6.07, 6.45) is 4.10. The third kappa shape index (κ3) is 1.28. The van der Waals surface area contributed by atoms with Gasteiger partial charge in [0.05, 0.1) is 11.0 Å². The van der Waals surface area contributed by atoms with Crippen molar-refractivity contribution in [2.24, 2.45) is 0 Å². The van der Waals surface area contributed by atoms with Crippen molar-refractivity contribution in [2.75, 3.05) is 0 Å². The van der Waals surface area contributed by atoms with Gasteiger partial charge in [0.25, 0.3) is 0 Å². The number of aryl methyl sites for hydroxylation is 1. The molecule has 2 aromatic rings. The molecule has 0 aliphatic heterocycles. The van der Waals surface area contributed by atoms with Crippen LogP contribution in [0.15, 0.2) is 24.5 Å². The van der Waals surface area contributed by atoms with Gasteiger partial charge in [-0.15, -0.1) is 0 Å². The van der Waals surface area contributed by atoms with E-state index in [0.29, 0.717) is 5.56 Å². The number of benzene rings is 1. The Balaban J connectivity index is 2.81. The highest BCUT2D eigenvalue weighted by molar-refractivity contribution is 5.86. The molecular weight excluding hydrogens is 164 g/mol. The fourth-order valence-electron chi connectivity index (χ4n) is 1.26. The van der Waals surface area contributed by atoms with Gasteiger partial charge in [0, 0.05) is 18.0 Å². The summed E-state index contributed by atoms with van der Waals surface area (Å²) in [6.45, 7) is 1.89. The topological polar surface area (TPSA) is 42.9 Å². The third-order valence-electron chi connectivity index (χ3n) is 1.98. The maximum absolute atomic E-state index is 10.6. The van der Waals surface area contributed by atoms with Crippen molar-refractivity contribution < 1.29 is 4.79 Å². The first-order valence-corrected chi connectivity index (χ1v) is 3.98. The Labute approximate surface area is 75.4 Å². The van der Waals surface area contributed by atoms with Crippen LogP contribution < -0.4 is 0 Å². The van der Waals surface area contributed by atoms with Gasteiger partial charge in [0.2, 0.25) is 0 Å². The molecule has 0 N–H and O–H groups in total. The molecule has 64 valence electrons. The molecular formula is C10H8N2O. The Bertz CT molecular complexity index is 465. The van der Waals surface area contributed by atoms with Gasteiger partial charge in [-0.05, 0) is 24.6 Å². The normalized spacial score (nSPS) is 10.2. The second-order valence-corrected chi connectivity index (χ2v) is 2.87. The Morgan fingerprint density at radius 2 is 1.77 bits per heavy atom. The van der Waals surface area contributed by atoms with Gasteiger partial charge in [0.15, 0.2) is 0 Å². The lowest BCUT2D eigenvalue weighted by Crippen LogP contribution is -1.89. The van der Waals surface area contributed by atoms with Crippen molar-refractivity contribution in [3.05, 3.63) is 35.7 Å². The molecule has 0 saturated heterocycles. The molecule has 3 heteroatoms. The van der Waals surface area contributed by atoms with Crippen molar-refractivity contribution in [3.8, 4) is 0 Å². The first-order chi connectivity index (χ1) is 6.31. The quantitative estimate of drug-likeness (QED) is 0.615. The molecule has 0 radical (unpaired) electrons. The average molecular weight is 172 g/mol. The summed E-state index contributed by atoms with van der Waals surface area (Å²) >= 11 is 0. The van der Waals surface area contributed by atoms with E-state index in [9.17, 15) is 4.79 Å². The maximum atomic E-state index is 10.6. The van der Waals surface area contributed by atoms with Crippen LogP contribution in [0, 0.1) is 6.92 Å². The van der Waals surface area contributed by atoms with Gasteiger partial charge in [-0.2, -0.15) is 0 Å². The standard InChI is InChI=1S/C10H8N2O/c1-7-4-9-10(5-8(7)6-13)12-3-2-11-9/h2-6H,1H3. The second kappa shape index (κ2) is 2.94. The molecule has 0 aliphatic carbocycles. The summed E-state index contributed by atoms with van der Waals surface area (Å²) in [5.41, 5.74) is 3.19. The van der Waals surface area contributed by atoms with E-state index in [4.69, 9.17) is 0 Å². The van der Waals surface area contributed by atoms with Crippen LogP contribution in [0.4, 0.5) is 0 Å². The Morgan fingerprint density at radius 3 is 2.38 bits per heavy atom. The second-order valence-electron chi connectivity index (χ2n) is 2.87. The molecule has 1 aromatic heterocycles. The molecule has 0 unspecified atom stereocenters. The molecule has 2 rings (SSSR count). The van der Waals surface area contributed by atoms with Gasteiger partial charge < -0.3 is 0 Å². The zero-order valence-electron chi connectivity index (χ0n) is 7.19. The van der Waals surface area contributed by atoms with Crippen LogP contribution in [-0.2, 0) is 0 Å². The Morgan fingerprint density at radius 1 is 1.15 bits per heavy atom. The highest BCUT2D eigenvalue weighted by Gasteiger charge is 2.00. The fraction of sp³-hybridized carbons (Fsp3) is 0.100. The van der Waals surface area contributed by atoms with E-state index < -0.39 is 0 Å². The van der Waals surface area contributed by atoms with E-state index >= 15 is 0 Å². The van der Waals surface area contributed by atoms with Gasteiger partial charge >= 0.3 is 0 Å². The van der Waals surface area contributed by atoms with Gasteiger partial charge in [-0.25, -0.2) is 0 Å². The highest BCUT2D eigenvalue weighted by atomic mass is 16.1. The van der Waals surface area contributed by atoms with Crippen LogP contribution in [0.5, 0.6) is 0 Å². The number of aldehydes is 1. The third-order valence-corrected chi connectivity index (χ3v) is 1.98. The molecule has 0 aliphatic rings. The van der Waals surface area contributed by atoms with Crippen LogP contribution in [0.2, 0.25) is 0 Å². The maximum Gasteiger partial charge on any atom is 0.150 e. The zero-order chi connectivity index (χ0) is 9.26. The predicted octanol–water partition coefficient (Wildman–Crippen LogP) is 1.75. The highest BCUT2D eigenvalue weighted by Crippen LogP contribution is 2.13. The van der Waals surface area contributed by atoms with Gasteiger partial charge in [-0.3, -0.25) is 14.8 Å². The van der Waals surface area contributed by atoms with Crippen molar-refractivity contribution >= 4 is 17.3 Å². The van der Waals surface area contributed by atoms with Crippen molar-refractivity contribution in [1.82, 2.24) is 9.97 Å². The minimum atomic E-state index is 0.674. The minimum Gasteiger partial charge on any atom is -0.298 e. The van der Waals surface area contributed by atoms with Crippen molar-refractivity contribution in [3.63, 3.8) is 0 Å². The Hall–Kier alpha value is -1.77. The molecule has 0 bridgehead atoms. The smallest absolute Gasteiger partial charge is 0.150 e. The summed E-state index contributed by atoms with van der Waals surface area (Å²) in [4.78, 5) is 18.9. The van der Waals surface area contributed by atoms with E-state index in [2.05, 4.69) is 9.97 Å². The SMILES string of the molecule is Cc1cc2nccnc2cc1C=O. The number of nitrogens with zero attached hydrogens (tertiary/aromatic N) is 2. The van der Waals surface area contributed by atoms with E-state index in [-0.39, 0.29) is 0 Å². The lowest BCUT2D eigenvalue weighted by molar-refractivity contribution is 0.112. The average Bonchev–Trinajstić information content (AvgIpc) is 2.17. The molecule has 0 spiro atoms. The molecule has 1 heterocycles. The van der Waals surface area contributed by atoms with Crippen LogP contribution in [0.25, 0.3) is 11.0 Å². The van der Waals surface area contributed by atoms with E-state index in [0.717, 1.165) is 22.9 Å². The molecule has 0 saturated carbocycles. The fourth-order valence-corrected chi connectivity index (χ4v) is 1.26. The van der Waals surface area contributed by atoms with E-state index in [1.165, 1.54) is 0 Å². The van der Waals surface area contributed by atoms with Crippen LogP contribution >= 0.6 is 0 Å². The summed E-state index contributed by atoms with van der Waals surface area (Å²) in [6, 6.07) is 3.62. The van der Waals surface area contributed by atoms with E-state index in [1.54, 1.807) is 18.5 Å². The number of hydrogen-bond donors (Lipinski definition) is 0. The van der Waals surface area contributed by atoms with Crippen LogP contribution in [0.1, 0.15) is 15.9 Å². The lowest BCUT2D eigenvalue weighted by Gasteiger charge is -1.99. The molecule has 0 amide bonds. The van der Waals surface area contributed by atoms with Gasteiger partial charge in [-0.1, -0.05) is 0 Å². The first-order valence-electron chi connectivity index (χ1n) is 3.98. The van der Waals surface area contributed by atoms with E-state index in [1.807, 2.05) is 13.0 Å². The summed E-state index contributed by atoms with van der Waals surface area (Å²) < 4.78 is 0. The number of rotatable bonds is 1. The monoisotopic (exact) mass is 172 g/mol. The van der Waals surface area contributed by atoms with Crippen LogP contribution in [0.3, 0.4) is 0 Å². The molecule has 0 fully saturated rings. The largest absolute Gasteiger partial charge is 0.298 e. The zero-order valence-corrected chi connectivity index (χ0v) is 7.19. The number of carbonyl (C=O) groups excluding carboxylic acids is 1. The minimum absolute atomic E-state index is 0.674. The number of aromatic nitrogens is 2. The molecule has 1 aromatic carbocycles. The molecule has 3 nitrogen and oxygen atoms in total. The van der Waals surface area contributed by atoms with Crippen LogP contribution in [-0.4, -0.2) is 16.3 Å². The number of carbonyl (C=O) groups is 1. The summed E-state index contributed by atoms with van der Waals surface area (Å²) in [7, 11) is 0. The number of hydrogen-bond acceptors (Lipinski definition) is 3. The van der Waals surface area contributed by atoms with Gasteiger partial charge in [0.1, 0.15) is 6.29 Å². The molecule has 13 heavy (non-hydrogen) atoms. The Kier molecular flexibility index (Phi) is 1.77.